The van der Waals surface area contributed by atoms with Crippen molar-refractivity contribution >= 4 is 59.9 Å². The second kappa shape index (κ2) is 14.8. The molecule has 61 heavy (non-hydrogen) atoms. The van der Waals surface area contributed by atoms with Gasteiger partial charge in [0.05, 0.1) is 16.9 Å². The first-order valence-corrected chi connectivity index (χ1v) is 22.6. The maximum atomic E-state index is 5.55. The van der Waals surface area contributed by atoms with E-state index in [4.69, 9.17) is 9.98 Å². The number of thiophene rings is 1. The highest BCUT2D eigenvalue weighted by molar-refractivity contribution is 7.26. The summed E-state index contributed by atoms with van der Waals surface area (Å²) in [4.78, 5) is 13.4. The van der Waals surface area contributed by atoms with Gasteiger partial charge in [0.1, 0.15) is 6.17 Å². The summed E-state index contributed by atoms with van der Waals surface area (Å²) in [5.74, 6) is 1.58. The van der Waals surface area contributed by atoms with Crippen molar-refractivity contribution < 1.29 is 0 Å². The van der Waals surface area contributed by atoms with Crippen molar-refractivity contribution in [2.75, 3.05) is 7.05 Å². The van der Waals surface area contributed by atoms with Crippen LogP contribution in [0.4, 0.5) is 0 Å². The Labute approximate surface area is 361 Å². The Morgan fingerprint density at radius 3 is 2.43 bits per heavy atom. The Hall–Kier alpha value is -6.62. The SMILES string of the molecule is CN1C(c2ccccc2)=CC(c2ccc(CCC3c4ccccc4C4C=CC=CC43)cc2)=NC1c1cccc(-c2nc3cc4c(cc3c3sc5ccccc5c23)CCC=C4)c1. The number of benzene rings is 6. The van der Waals surface area contributed by atoms with Crippen LogP contribution in [0.15, 0.2) is 181 Å². The first-order valence-electron chi connectivity index (χ1n) is 21.8. The van der Waals surface area contributed by atoms with E-state index in [9.17, 15) is 0 Å². The summed E-state index contributed by atoms with van der Waals surface area (Å²) in [5.41, 5.74) is 15.9. The summed E-state index contributed by atoms with van der Waals surface area (Å²) in [6.07, 6.45) is 20.2. The van der Waals surface area contributed by atoms with Crippen molar-refractivity contribution in [1.82, 2.24) is 9.88 Å². The van der Waals surface area contributed by atoms with Crippen LogP contribution in [0.1, 0.15) is 75.4 Å². The highest BCUT2D eigenvalue weighted by Crippen LogP contribution is 2.51. The standard InChI is InChI=1S/C57H45N3S/c1-60-52(38-14-3-2-4-15-38)35-50(37-29-26-36(27-30-37)28-31-47-45-22-9-7-20-43(45)44-21-8-10-23-46(44)47)59-57(60)42-19-13-18-41(32-42)55-54-48-24-11-12-25-53(48)61-56(54)49-33-39-16-5-6-17-40(39)34-51(49)58-55/h2-4,6-15,17-27,29-30,32-35,43,45,47,57H,5,16,28,31H2,1H3. The minimum absolute atomic E-state index is 0.227. The second-order valence-electron chi connectivity index (χ2n) is 17.1. The van der Waals surface area contributed by atoms with Crippen LogP contribution in [0, 0.1) is 5.92 Å². The zero-order valence-corrected chi connectivity index (χ0v) is 35.0. The van der Waals surface area contributed by atoms with E-state index in [0.29, 0.717) is 17.8 Å². The number of nitrogens with zero attached hydrogens (tertiary/aromatic N) is 3. The highest BCUT2D eigenvalue weighted by Gasteiger charge is 2.38. The predicted octanol–water partition coefficient (Wildman–Crippen LogP) is 14.3. The van der Waals surface area contributed by atoms with E-state index in [2.05, 4.69) is 194 Å². The molecule has 6 aromatic carbocycles. The van der Waals surface area contributed by atoms with Crippen LogP contribution >= 0.6 is 11.3 Å². The molecular weight excluding hydrogens is 759 g/mol. The molecule has 0 radical (unpaired) electrons. The van der Waals surface area contributed by atoms with Crippen LogP contribution in [0.5, 0.6) is 0 Å². The van der Waals surface area contributed by atoms with Gasteiger partial charge in [0.15, 0.2) is 0 Å². The lowest BCUT2D eigenvalue weighted by Crippen LogP contribution is -2.27. The van der Waals surface area contributed by atoms with Gasteiger partial charge in [-0.2, -0.15) is 0 Å². The Morgan fingerprint density at radius 1 is 0.721 bits per heavy atom. The molecule has 3 aliphatic carbocycles. The molecule has 4 aliphatic rings. The summed E-state index contributed by atoms with van der Waals surface area (Å²) in [5, 5.41) is 3.76. The number of hydrogen-bond acceptors (Lipinski definition) is 4. The van der Waals surface area contributed by atoms with Crippen LogP contribution in [-0.4, -0.2) is 22.6 Å². The second-order valence-corrected chi connectivity index (χ2v) is 18.2. The molecule has 3 heterocycles. The number of aryl methyl sites for hydroxylation is 2. The Bertz CT molecular complexity index is 3180. The summed E-state index contributed by atoms with van der Waals surface area (Å²) in [6.45, 7) is 0. The molecule has 3 nitrogen and oxygen atoms in total. The molecule has 4 unspecified atom stereocenters. The van der Waals surface area contributed by atoms with Gasteiger partial charge in [-0.1, -0.05) is 152 Å². The number of aromatic nitrogens is 1. The molecule has 8 aromatic rings. The van der Waals surface area contributed by atoms with E-state index in [1.54, 1.807) is 0 Å². The van der Waals surface area contributed by atoms with Crippen molar-refractivity contribution in [2.45, 2.75) is 43.7 Å². The third kappa shape index (κ3) is 6.23. The fourth-order valence-electron chi connectivity index (χ4n) is 10.6. The van der Waals surface area contributed by atoms with Gasteiger partial charge in [-0.15, -0.1) is 11.3 Å². The van der Waals surface area contributed by atoms with Gasteiger partial charge in [-0.05, 0) is 112 Å². The maximum absolute atomic E-state index is 5.55. The molecule has 0 N–H and O–H groups in total. The Kier molecular flexibility index (Phi) is 8.81. The largest absolute Gasteiger partial charge is 0.349 e. The normalized spacial score (nSPS) is 20.2. The fraction of sp³-hybridized carbons (Fsp3) is 0.158. The van der Waals surface area contributed by atoms with E-state index >= 15 is 0 Å². The van der Waals surface area contributed by atoms with E-state index < -0.39 is 0 Å². The molecule has 12 rings (SSSR count). The minimum Gasteiger partial charge on any atom is -0.349 e. The predicted molar refractivity (Wildman–Crippen MR) is 257 cm³/mol. The van der Waals surface area contributed by atoms with Gasteiger partial charge in [-0.3, -0.25) is 4.99 Å². The van der Waals surface area contributed by atoms with Crippen molar-refractivity contribution in [2.24, 2.45) is 10.9 Å². The molecule has 0 bridgehead atoms. The maximum Gasteiger partial charge on any atom is 0.147 e. The van der Waals surface area contributed by atoms with E-state index in [1.807, 2.05) is 11.3 Å². The van der Waals surface area contributed by atoms with Crippen molar-refractivity contribution in [3.63, 3.8) is 0 Å². The molecule has 0 fully saturated rings. The Morgan fingerprint density at radius 2 is 1.52 bits per heavy atom. The Balaban J connectivity index is 0.910. The zero-order valence-electron chi connectivity index (χ0n) is 34.2. The first kappa shape index (κ1) is 36.2. The van der Waals surface area contributed by atoms with Crippen LogP contribution < -0.4 is 0 Å². The topological polar surface area (TPSA) is 28.5 Å². The average molecular weight is 804 g/mol. The molecule has 294 valence electrons. The number of fused-ring (bicyclic) bond motifs is 9. The van der Waals surface area contributed by atoms with E-state index in [0.717, 1.165) is 65.0 Å². The van der Waals surface area contributed by atoms with Crippen molar-refractivity contribution in [3.8, 4) is 11.3 Å². The molecule has 0 saturated heterocycles. The number of rotatable bonds is 7. The molecule has 1 aliphatic heterocycles. The molecule has 2 aromatic heterocycles. The van der Waals surface area contributed by atoms with Crippen LogP contribution in [0.3, 0.4) is 0 Å². The zero-order chi connectivity index (χ0) is 40.4. The molecular formula is C57H45N3S. The molecule has 0 spiro atoms. The molecule has 4 atom stereocenters. The third-order valence-electron chi connectivity index (χ3n) is 13.6. The minimum atomic E-state index is -0.227. The lowest BCUT2D eigenvalue weighted by Gasteiger charge is -2.34. The summed E-state index contributed by atoms with van der Waals surface area (Å²) in [6, 6.07) is 51.6. The lowest BCUT2D eigenvalue weighted by molar-refractivity contribution is 0.364. The first-order chi connectivity index (χ1) is 30.1. The van der Waals surface area contributed by atoms with Crippen LogP contribution in [0.2, 0.25) is 0 Å². The monoisotopic (exact) mass is 803 g/mol. The van der Waals surface area contributed by atoms with Crippen molar-refractivity contribution in [1.29, 1.82) is 0 Å². The van der Waals surface area contributed by atoms with Gasteiger partial charge in [0.2, 0.25) is 0 Å². The summed E-state index contributed by atoms with van der Waals surface area (Å²) in [7, 11) is 2.18. The van der Waals surface area contributed by atoms with Gasteiger partial charge >= 0.3 is 0 Å². The smallest absolute Gasteiger partial charge is 0.147 e. The average Bonchev–Trinajstić information content (AvgIpc) is 3.87. The van der Waals surface area contributed by atoms with Crippen LogP contribution in [0.25, 0.3) is 54.1 Å². The van der Waals surface area contributed by atoms with Gasteiger partial charge in [0, 0.05) is 49.8 Å². The van der Waals surface area contributed by atoms with E-state index in [-0.39, 0.29) is 6.17 Å². The van der Waals surface area contributed by atoms with Crippen LogP contribution in [-0.2, 0) is 12.8 Å². The molecule has 4 heteroatoms. The number of hydrogen-bond donors (Lipinski definition) is 0. The van der Waals surface area contributed by atoms with E-state index in [1.165, 1.54) is 58.9 Å². The summed E-state index contributed by atoms with van der Waals surface area (Å²) >= 11 is 1.89. The number of pyridine rings is 1. The molecule has 0 saturated carbocycles. The summed E-state index contributed by atoms with van der Waals surface area (Å²) < 4.78 is 2.61. The molecule has 0 amide bonds. The number of aliphatic imine (C=N–C) groups is 1. The highest BCUT2D eigenvalue weighted by atomic mass is 32.1. The quantitative estimate of drug-likeness (QED) is 0.161. The fourth-order valence-corrected chi connectivity index (χ4v) is 11.8. The van der Waals surface area contributed by atoms with Gasteiger partial charge in [-0.25, -0.2) is 4.98 Å². The van der Waals surface area contributed by atoms with Gasteiger partial charge < -0.3 is 4.90 Å². The lowest BCUT2D eigenvalue weighted by atomic mass is 9.81. The van der Waals surface area contributed by atoms with Crippen molar-refractivity contribution in [3.05, 3.63) is 220 Å². The number of allylic oxidation sites excluding steroid dienone is 6. The van der Waals surface area contributed by atoms with Gasteiger partial charge in [0.25, 0.3) is 0 Å². The third-order valence-corrected chi connectivity index (χ3v) is 14.8.